The number of benzene rings is 1. The lowest BCUT2D eigenvalue weighted by molar-refractivity contribution is -0.119. The van der Waals surface area contributed by atoms with Gasteiger partial charge in [-0.15, -0.1) is 0 Å². The van der Waals surface area contributed by atoms with Gasteiger partial charge in [-0.05, 0) is 28.1 Å². The number of rotatable bonds is 3. The summed E-state index contributed by atoms with van der Waals surface area (Å²) in [4.78, 5) is 22.4. The summed E-state index contributed by atoms with van der Waals surface area (Å²) in [5.74, 6) is -1.61. The van der Waals surface area contributed by atoms with Crippen molar-refractivity contribution in [1.82, 2.24) is 10.6 Å². The van der Waals surface area contributed by atoms with Crippen LogP contribution in [0.4, 0.5) is 4.39 Å². The molecule has 0 radical (unpaired) electrons. The standard InChI is InChI=1S/C10H10BrFN2O2/c1-13-8(15)5-14-10(16)9-6(11)3-2-4-7(9)12/h2-4H,5H2,1H3,(H,13,15)(H,14,16). The van der Waals surface area contributed by atoms with Gasteiger partial charge in [0.25, 0.3) is 5.91 Å². The fourth-order valence-electron chi connectivity index (χ4n) is 1.05. The molecule has 0 spiro atoms. The summed E-state index contributed by atoms with van der Waals surface area (Å²) in [6, 6.07) is 4.21. The van der Waals surface area contributed by atoms with E-state index in [4.69, 9.17) is 0 Å². The van der Waals surface area contributed by atoms with Gasteiger partial charge in [-0.3, -0.25) is 9.59 Å². The summed E-state index contributed by atoms with van der Waals surface area (Å²) in [6.07, 6.45) is 0. The maximum absolute atomic E-state index is 13.3. The molecule has 0 unspecified atom stereocenters. The number of amides is 2. The van der Waals surface area contributed by atoms with Gasteiger partial charge in [0.1, 0.15) is 5.82 Å². The van der Waals surface area contributed by atoms with Crippen molar-refractivity contribution >= 4 is 27.7 Å². The molecule has 0 heterocycles. The van der Waals surface area contributed by atoms with Gasteiger partial charge in [-0.25, -0.2) is 4.39 Å². The zero-order valence-electron chi connectivity index (χ0n) is 8.51. The lowest BCUT2D eigenvalue weighted by Gasteiger charge is -2.06. The molecule has 86 valence electrons. The van der Waals surface area contributed by atoms with Crippen molar-refractivity contribution in [1.29, 1.82) is 0 Å². The third-order valence-corrected chi connectivity index (χ3v) is 2.54. The number of hydrogen-bond acceptors (Lipinski definition) is 2. The topological polar surface area (TPSA) is 58.2 Å². The van der Waals surface area contributed by atoms with Crippen LogP contribution in [0.1, 0.15) is 10.4 Å². The maximum atomic E-state index is 13.3. The van der Waals surface area contributed by atoms with Gasteiger partial charge in [0.2, 0.25) is 5.91 Å². The third kappa shape index (κ3) is 3.03. The molecule has 0 aliphatic heterocycles. The van der Waals surface area contributed by atoms with Crippen LogP contribution in [0, 0.1) is 5.82 Å². The quantitative estimate of drug-likeness (QED) is 0.874. The molecule has 16 heavy (non-hydrogen) atoms. The second-order valence-corrected chi connectivity index (χ2v) is 3.81. The zero-order chi connectivity index (χ0) is 12.1. The summed E-state index contributed by atoms with van der Waals surface area (Å²) >= 11 is 3.07. The molecule has 2 N–H and O–H groups in total. The highest BCUT2D eigenvalue weighted by Crippen LogP contribution is 2.19. The summed E-state index contributed by atoms with van der Waals surface area (Å²) in [6.45, 7) is -0.184. The predicted octanol–water partition coefficient (Wildman–Crippen LogP) is 1.06. The Morgan fingerprint density at radius 3 is 2.69 bits per heavy atom. The fourth-order valence-corrected chi connectivity index (χ4v) is 1.57. The van der Waals surface area contributed by atoms with Crippen molar-refractivity contribution in [3.8, 4) is 0 Å². The van der Waals surface area contributed by atoms with E-state index >= 15 is 0 Å². The Hall–Kier alpha value is -1.43. The van der Waals surface area contributed by atoms with Crippen LogP contribution < -0.4 is 10.6 Å². The first kappa shape index (κ1) is 12.6. The molecule has 0 aliphatic carbocycles. The van der Waals surface area contributed by atoms with E-state index in [1.807, 2.05) is 0 Å². The average molecular weight is 289 g/mol. The number of hydrogen-bond donors (Lipinski definition) is 2. The Kier molecular flexibility index (Phi) is 4.42. The first-order valence-corrected chi connectivity index (χ1v) is 5.28. The van der Waals surface area contributed by atoms with Crippen LogP contribution in [-0.4, -0.2) is 25.4 Å². The van der Waals surface area contributed by atoms with E-state index in [0.717, 1.165) is 0 Å². The van der Waals surface area contributed by atoms with Crippen LogP contribution in [-0.2, 0) is 4.79 Å². The zero-order valence-corrected chi connectivity index (χ0v) is 10.1. The summed E-state index contributed by atoms with van der Waals surface area (Å²) in [7, 11) is 1.45. The second-order valence-electron chi connectivity index (χ2n) is 2.95. The van der Waals surface area contributed by atoms with Gasteiger partial charge in [-0.1, -0.05) is 6.07 Å². The van der Waals surface area contributed by atoms with Gasteiger partial charge < -0.3 is 10.6 Å². The van der Waals surface area contributed by atoms with Crippen molar-refractivity contribution in [3.05, 3.63) is 34.1 Å². The minimum Gasteiger partial charge on any atom is -0.358 e. The van der Waals surface area contributed by atoms with Crippen LogP contribution in [0.5, 0.6) is 0 Å². The van der Waals surface area contributed by atoms with Crippen molar-refractivity contribution in [2.75, 3.05) is 13.6 Å². The number of carbonyl (C=O) groups excluding carboxylic acids is 2. The van der Waals surface area contributed by atoms with Gasteiger partial charge in [-0.2, -0.15) is 0 Å². The lowest BCUT2D eigenvalue weighted by atomic mass is 10.2. The van der Waals surface area contributed by atoms with E-state index in [0.29, 0.717) is 4.47 Å². The van der Waals surface area contributed by atoms with Crippen molar-refractivity contribution < 1.29 is 14.0 Å². The second kappa shape index (κ2) is 5.60. The highest BCUT2D eigenvalue weighted by atomic mass is 79.9. The highest BCUT2D eigenvalue weighted by molar-refractivity contribution is 9.10. The minimum atomic E-state index is -0.635. The Bertz CT molecular complexity index is 403. The molecule has 6 heteroatoms. The van der Waals surface area contributed by atoms with Gasteiger partial charge >= 0.3 is 0 Å². The molecule has 0 fully saturated rings. The Balaban J connectivity index is 2.77. The van der Waals surface area contributed by atoms with Gasteiger partial charge in [0.15, 0.2) is 0 Å². The van der Waals surface area contributed by atoms with Crippen LogP contribution in [0.15, 0.2) is 22.7 Å². The Morgan fingerprint density at radius 2 is 2.12 bits per heavy atom. The van der Waals surface area contributed by atoms with Gasteiger partial charge in [0, 0.05) is 11.5 Å². The highest BCUT2D eigenvalue weighted by Gasteiger charge is 2.15. The van der Waals surface area contributed by atoms with E-state index in [2.05, 4.69) is 26.6 Å². The SMILES string of the molecule is CNC(=O)CNC(=O)c1c(F)cccc1Br. The summed E-state index contributed by atoms with van der Waals surface area (Å²) in [5, 5.41) is 4.65. The Labute approximate surface area is 100 Å². The largest absolute Gasteiger partial charge is 0.358 e. The fraction of sp³-hybridized carbons (Fsp3) is 0.200. The van der Waals surface area contributed by atoms with E-state index < -0.39 is 11.7 Å². The van der Waals surface area contributed by atoms with Crippen LogP contribution in [0.25, 0.3) is 0 Å². The van der Waals surface area contributed by atoms with Crippen LogP contribution in [0.2, 0.25) is 0 Å². The molecule has 0 saturated heterocycles. The van der Waals surface area contributed by atoms with Crippen molar-refractivity contribution in [2.45, 2.75) is 0 Å². The maximum Gasteiger partial charge on any atom is 0.255 e. The summed E-state index contributed by atoms with van der Waals surface area (Å²) in [5.41, 5.74) is -0.105. The molecule has 0 aromatic heterocycles. The number of carbonyl (C=O) groups is 2. The van der Waals surface area contributed by atoms with E-state index in [1.54, 1.807) is 6.07 Å². The minimum absolute atomic E-state index is 0.105. The molecule has 0 saturated carbocycles. The molecular weight excluding hydrogens is 279 g/mol. The van der Waals surface area contributed by atoms with Gasteiger partial charge in [0.05, 0.1) is 12.1 Å². The van der Waals surface area contributed by atoms with Crippen LogP contribution >= 0.6 is 15.9 Å². The molecular formula is C10H10BrFN2O2. The Morgan fingerprint density at radius 1 is 1.44 bits per heavy atom. The van der Waals surface area contributed by atoms with Crippen molar-refractivity contribution in [3.63, 3.8) is 0 Å². The average Bonchev–Trinajstić information content (AvgIpc) is 2.25. The predicted molar refractivity (Wildman–Crippen MR) is 60.5 cm³/mol. The van der Waals surface area contributed by atoms with E-state index in [1.165, 1.54) is 19.2 Å². The molecule has 0 bridgehead atoms. The molecule has 1 aromatic carbocycles. The van der Waals surface area contributed by atoms with E-state index in [-0.39, 0.29) is 18.0 Å². The lowest BCUT2D eigenvalue weighted by Crippen LogP contribution is -2.35. The monoisotopic (exact) mass is 288 g/mol. The smallest absolute Gasteiger partial charge is 0.255 e. The van der Waals surface area contributed by atoms with Crippen LogP contribution in [0.3, 0.4) is 0 Å². The summed E-state index contributed by atoms with van der Waals surface area (Å²) < 4.78 is 13.7. The van der Waals surface area contributed by atoms with Crippen molar-refractivity contribution in [2.24, 2.45) is 0 Å². The molecule has 1 aromatic rings. The third-order valence-electron chi connectivity index (χ3n) is 1.88. The molecule has 1 rings (SSSR count). The number of likely N-dealkylation sites (N-methyl/N-ethyl adjacent to an activating group) is 1. The first-order chi connectivity index (χ1) is 7.56. The normalized spacial score (nSPS) is 9.69. The molecule has 0 aliphatic rings. The number of nitrogens with one attached hydrogen (secondary N) is 2. The molecule has 4 nitrogen and oxygen atoms in total. The molecule has 0 atom stereocenters. The van der Waals surface area contributed by atoms with E-state index in [9.17, 15) is 14.0 Å². The first-order valence-electron chi connectivity index (χ1n) is 4.49. The molecule has 2 amide bonds. The number of halogens is 2.